The van der Waals surface area contributed by atoms with Crippen LogP contribution in [0.5, 0.6) is 5.75 Å². The Bertz CT molecular complexity index is 483. The van der Waals surface area contributed by atoms with Crippen molar-refractivity contribution in [2.45, 2.75) is 13.3 Å². The molecule has 1 rings (SSSR count). The van der Waals surface area contributed by atoms with Crippen LogP contribution < -0.4 is 15.4 Å². The zero-order valence-corrected chi connectivity index (χ0v) is 14.0. The predicted octanol–water partition coefficient (Wildman–Crippen LogP) is 1.51. The summed E-state index contributed by atoms with van der Waals surface area (Å²) in [6, 6.07) is 7.11. The SMILES string of the molecule is CCN(CC(=O)Nc1cccc(OC)c1)C(=O)CCNC.Cl. The third-order valence-corrected chi connectivity index (χ3v) is 3.01. The zero-order chi connectivity index (χ0) is 15.7. The summed E-state index contributed by atoms with van der Waals surface area (Å²) >= 11 is 0. The van der Waals surface area contributed by atoms with E-state index in [2.05, 4.69) is 10.6 Å². The monoisotopic (exact) mass is 329 g/mol. The lowest BCUT2D eigenvalue weighted by molar-refractivity contribution is -0.134. The zero-order valence-electron chi connectivity index (χ0n) is 13.2. The number of carbonyl (C=O) groups excluding carboxylic acids is 2. The normalized spacial score (nSPS) is 9.59. The van der Waals surface area contributed by atoms with Gasteiger partial charge < -0.3 is 20.3 Å². The largest absolute Gasteiger partial charge is 0.497 e. The average Bonchev–Trinajstić information content (AvgIpc) is 2.50. The molecule has 2 amide bonds. The molecule has 6 nitrogen and oxygen atoms in total. The van der Waals surface area contributed by atoms with Gasteiger partial charge in [-0.05, 0) is 26.1 Å². The fraction of sp³-hybridized carbons (Fsp3) is 0.467. The minimum absolute atomic E-state index is 0. The number of rotatable bonds is 8. The number of benzene rings is 1. The molecule has 1 aromatic rings. The van der Waals surface area contributed by atoms with E-state index < -0.39 is 0 Å². The van der Waals surface area contributed by atoms with Gasteiger partial charge in [0, 0.05) is 31.3 Å². The van der Waals surface area contributed by atoms with Gasteiger partial charge in [0.15, 0.2) is 0 Å². The lowest BCUT2D eigenvalue weighted by Gasteiger charge is -2.20. The molecule has 0 aliphatic carbocycles. The van der Waals surface area contributed by atoms with Gasteiger partial charge in [-0.2, -0.15) is 0 Å². The second kappa shape index (κ2) is 10.9. The lowest BCUT2D eigenvalue weighted by Crippen LogP contribution is -2.38. The quantitative estimate of drug-likeness (QED) is 0.758. The van der Waals surface area contributed by atoms with Crippen molar-refractivity contribution < 1.29 is 14.3 Å². The summed E-state index contributed by atoms with van der Waals surface area (Å²) in [5, 5.41) is 5.69. The first-order valence-corrected chi connectivity index (χ1v) is 6.97. The highest BCUT2D eigenvalue weighted by molar-refractivity contribution is 5.94. The molecule has 0 bridgehead atoms. The summed E-state index contributed by atoms with van der Waals surface area (Å²) < 4.78 is 5.10. The molecule has 0 aliphatic rings. The van der Waals surface area contributed by atoms with Crippen LogP contribution in [0, 0.1) is 0 Å². The Labute approximate surface area is 137 Å². The molecule has 0 atom stereocenters. The van der Waals surface area contributed by atoms with E-state index >= 15 is 0 Å². The maximum atomic E-state index is 12.0. The molecule has 2 N–H and O–H groups in total. The minimum Gasteiger partial charge on any atom is -0.497 e. The number of hydrogen-bond acceptors (Lipinski definition) is 4. The van der Waals surface area contributed by atoms with E-state index in [1.807, 2.05) is 6.92 Å². The molecular formula is C15H24ClN3O3. The van der Waals surface area contributed by atoms with Gasteiger partial charge in [-0.3, -0.25) is 9.59 Å². The highest BCUT2D eigenvalue weighted by Crippen LogP contribution is 2.16. The number of hydrogen-bond donors (Lipinski definition) is 2. The number of methoxy groups -OCH3 is 1. The first-order chi connectivity index (χ1) is 10.1. The fourth-order valence-corrected chi connectivity index (χ4v) is 1.84. The Morgan fingerprint density at radius 1 is 1.32 bits per heavy atom. The Kier molecular flexibility index (Phi) is 9.98. The number of halogens is 1. The molecule has 0 aromatic heterocycles. The molecular weight excluding hydrogens is 306 g/mol. The first-order valence-electron chi connectivity index (χ1n) is 6.97. The molecule has 7 heteroatoms. The van der Waals surface area contributed by atoms with Gasteiger partial charge in [-0.25, -0.2) is 0 Å². The van der Waals surface area contributed by atoms with E-state index in [1.54, 1.807) is 38.4 Å². The molecule has 22 heavy (non-hydrogen) atoms. The van der Waals surface area contributed by atoms with E-state index in [1.165, 1.54) is 4.90 Å². The third kappa shape index (κ3) is 6.78. The van der Waals surface area contributed by atoms with E-state index in [9.17, 15) is 9.59 Å². The molecule has 0 radical (unpaired) electrons. The van der Waals surface area contributed by atoms with Crippen LogP contribution in [-0.4, -0.2) is 50.5 Å². The number of ether oxygens (including phenoxy) is 1. The van der Waals surface area contributed by atoms with E-state index in [4.69, 9.17) is 4.74 Å². The molecule has 0 spiro atoms. The number of anilines is 1. The van der Waals surface area contributed by atoms with Crippen molar-refractivity contribution in [3.8, 4) is 5.75 Å². The molecule has 0 saturated carbocycles. The van der Waals surface area contributed by atoms with Gasteiger partial charge in [0.2, 0.25) is 11.8 Å². The lowest BCUT2D eigenvalue weighted by atomic mass is 10.3. The smallest absolute Gasteiger partial charge is 0.243 e. The van der Waals surface area contributed by atoms with Crippen molar-refractivity contribution in [1.82, 2.24) is 10.2 Å². The highest BCUT2D eigenvalue weighted by atomic mass is 35.5. The van der Waals surface area contributed by atoms with Crippen LogP contribution in [0.4, 0.5) is 5.69 Å². The molecule has 0 heterocycles. The molecule has 0 aliphatic heterocycles. The maximum Gasteiger partial charge on any atom is 0.243 e. The number of amides is 2. The van der Waals surface area contributed by atoms with Gasteiger partial charge in [-0.15, -0.1) is 12.4 Å². The van der Waals surface area contributed by atoms with Gasteiger partial charge >= 0.3 is 0 Å². The number of nitrogens with one attached hydrogen (secondary N) is 2. The second-order valence-corrected chi connectivity index (χ2v) is 4.54. The van der Waals surface area contributed by atoms with Crippen LogP contribution in [-0.2, 0) is 9.59 Å². The predicted molar refractivity (Wildman–Crippen MR) is 89.7 cm³/mol. The second-order valence-electron chi connectivity index (χ2n) is 4.54. The summed E-state index contributed by atoms with van der Waals surface area (Å²) in [6.07, 6.45) is 0.386. The van der Waals surface area contributed by atoms with E-state index in [0.717, 1.165) is 0 Å². The average molecular weight is 330 g/mol. The first kappa shape index (κ1) is 20.2. The Morgan fingerprint density at radius 2 is 2.05 bits per heavy atom. The molecule has 124 valence electrons. The van der Waals surface area contributed by atoms with Gasteiger partial charge in [-0.1, -0.05) is 6.07 Å². The van der Waals surface area contributed by atoms with Gasteiger partial charge in [0.25, 0.3) is 0 Å². The molecule has 0 unspecified atom stereocenters. The summed E-state index contributed by atoms with van der Waals surface area (Å²) in [6.45, 7) is 3.02. The van der Waals surface area contributed by atoms with Gasteiger partial charge in [0.1, 0.15) is 5.75 Å². The van der Waals surface area contributed by atoms with Crippen LogP contribution in [0.3, 0.4) is 0 Å². The van der Waals surface area contributed by atoms with Crippen molar-refractivity contribution in [3.63, 3.8) is 0 Å². The standard InChI is InChI=1S/C15H23N3O3.ClH/c1-4-18(15(20)8-9-16-2)11-14(19)17-12-6-5-7-13(10-12)21-3;/h5-7,10,16H,4,8-9,11H2,1-3H3,(H,17,19);1H. The number of nitrogens with zero attached hydrogens (tertiary/aromatic N) is 1. The minimum atomic E-state index is -0.220. The van der Waals surface area contributed by atoms with Crippen LogP contribution >= 0.6 is 12.4 Å². The van der Waals surface area contributed by atoms with Crippen molar-refractivity contribution in [2.75, 3.05) is 39.1 Å². The van der Waals surface area contributed by atoms with Crippen molar-refractivity contribution >= 4 is 29.9 Å². The maximum absolute atomic E-state index is 12.0. The van der Waals surface area contributed by atoms with Crippen LogP contribution in [0.1, 0.15) is 13.3 Å². The Balaban J connectivity index is 0.00000441. The van der Waals surface area contributed by atoms with Crippen LogP contribution in [0.25, 0.3) is 0 Å². The van der Waals surface area contributed by atoms with Gasteiger partial charge in [0.05, 0.1) is 13.7 Å². The molecule has 0 fully saturated rings. The fourth-order valence-electron chi connectivity index (χ4n) is 1.84. The molecule has 1 aromatic carbocycles. The summed E-state index contributed by atoms with van der Waals surface area (Å²) in [5.74, 6) is 0.417. The van der Waals surface area contributed by atoms with Crippen molar-refractivity contribution in [3.05, 3.63) is 24.3 Å². The number of likely N-dealkylation sites (N-methyl/N-ethyl adjacent to an activating group) is 1. The third-order valence-electron chi connectivity index (χ3n) is 3.01. The molecule has 0 saturated heterocycles. The van der Waals surface area contributed by atoms with E-state index in [-0.39, 0.29) is 30.8 Å². The Hall–Kier alpha value is -1.79. The Morgan fingerprint density at radius 3 is 2.64 bits per heavy atom. The summed E-state index contributed by atoms with van der Waals surface area (Å²) in [4.78, 5) is 25.4. The summed E-state index contributed by atoms with van der Waals surface area (Å²) in [7, 11) is 3.36. The number of carbonyl (C=O) groups is 2. The van der Waals surface area contributed by atoms with E-state index in [0.29, 0.717) is 30.9 Å². The highest BCUT2D eigenvalue weighted by Gasteiger charge is 2.15. The van der Waals surface area contributed by atoms with Crippen LogP contribution in [0.15, 0.2) is 24.3 Å². The summed E-state index contributed by atoms with van der Waals surface area (Å²) in [5.41, 5.74) is 0.651. The van der Waals surface area contributed by atoms with Crippen molar-refractivity contribution in [2.24, 2.45) is 0 Å². The topological polar surface area (TPSA) is 70.7 Å². The van der Waals surface area contributed by atoms with Crippen molar-refractivity contribution in [1.29, 1.82) is 0 Å². The van der Waals surface area contributed by atoms with Crippen LogP contribution in [0.2, 0.25) is 0 Å².